The fraction of sp³-hybridized carbons (Fsp3) is 0.391. The minimum Gasteiger partial charge on any atom is -0.0651 e. The van der Waals surface area contributed by atoms with Gasteiger partial charge in [-0.25, -0.2) is 0 Å². The summed E-state index contributed by atoms with van der Waals surface area (Å²) in [6.07, 6.45) is 5.93. The van der Waals surface area contributed by atoms with Crippen molar-refractivity contribution in [2.75, 3.05) is 0 Å². The summed E-state index contributed by atoms with van der Waals surface area (Å²) in [7, 11) is 0. The molecular formula is C23H28. The van der Waals surface area contributed by atoms with Gasteiger partial charge in [0.05, 0.1) is 0 Å². The maximum Gasteiger partial charge on any atom is -0.00550 e. The van der Waals surface area contributed by atoms with E-state index < -0.39 is 0 Å². The average Bonchev–Trinajstić information content (AvgIpc) is 2.90. The lowest BCUT2D eigenvalue weighted by Crippen LogP contribution is -1.97. The molecule has 0 atom stereocenters. The van der Waals surface area contributed by atoms with Gasteiger partial charge >= 0.3 is 0 Å². The molecule has 0 aromatic heterocycles. The second-order valence-electron chi connectivity index (χ2n) is 7.35. The van der Waals surface area contributed by atoms with E-state index in [0.29, 0.717) is 5.92 Å². The van der Waals surface area contributed by atoms with E-state index in [0.717, 1.165) is 12.8 Å². The molecule has 3 rings (SSSR count). The molecule has 120 valence electrons. The van der Waals surface area contributed by atoms with Crippen molar-refractivity contribution in [3.63, 3.8) is 0 Å². The van der Waals surface area contributed by atoms with Crippen molar-refractivity contribution in [1.82, 2.24) is 0 Å². The second kappa shape index (κ2) is 6.35. The van der Waals surface area contributed by atoms with Gasteiger partial charge in [0.2, 0.25) is 0 Å². The summed E-state index contributed by atoms with van der Waals surface area (Å²) in [4.78, 5) is 0. The largest absolute Gasteiger partial charge is 0.0651 e. The summed E-state index contributed by atoms with van der Waals surface area (Å²) >= 11 is 0. The van der Waals surface area contributed by atoms with Gasteiger partial charge in [0.1, 0.15) is 0 Å². The molecule has 0 heterocycles. The number of rotatable bonds is 4. The lowest BCUT2D eigenvalue weighted by molar-refractivity contribution is 0.754. The van der Waals surface area contributed by atoms with Crippen LogP contribution in [0.4, 0.5) is 0 Å². The molecule has 0 spiro atoms. The molecule has 1 aliphatic rings. The third kappa shape index (κ3) is 3.13. The van der Waals surface area contributed by atoms with Gasteiger partial charge in [0.15, 0.2) is 0 Å². The Hall–Kier alpha value is -1.82. The number of allylic oxidation sites excluding steroid dienone is 1. The topological polar surface area (TPSA) is 0 Å². The van der Waals surface area contributed by atoms with Gasteiger partial charge in [-0.2, -0.15) is 0 Å². The highest BCUT2D eigenvalue weighted by atomic mass is 14.2. The van der Waals surface area contributed by atoms with Crippen molar-refractivity contribution in [3.05, 3.63) is 63.7 Å². The Labute approximate surface area is 141 Å². The highest BCUT2D eigenvalue weighted by Crippen LogP contribution is 2.39. The van der Waals surface area contributed by atoms with Crippen LogP contribution in [0, 0.1) is 19.8 Å². The second-order valence-corrected chi connectivity index (χ2v) is 7.35. The van der Waals surface area contributed by atoms with Crippen molar-refractivity contribution in [3.8, 4) is 11.1 Å². The van der Waals surface area contributed by atoms with E-state index >= 15 is 0 Å². The number of aryl methyl sites for hydroxylation is 3. The van der Waals surface area contributed by atoms with E-state index in [2.05, 4.69) is 71.0 Å². The van der Waals surface area contributed by atoms with Crippen LogP contribution in [0.2, 0.25) is 0 Å². The smallest absolute Gasteiger partial charge is 0.00550 e. The Balaban J connectivity index is 2.23. The molecule has 0 heteroatoms. The molecule has 0 bridgehead atoms. The Morgan fingerprint density at radius 2 is 1.70 bits per heavy atom. The van der Waals surface area contributed by atoms with Gasteiger partial charge in [-0.3, -0.25) is 0 Å². The molecule has 0 saturated carbocycles. The van der Waals surface area contributed by atoms with E-state index in [9.17, 15) is 0 Å². The Morgan fingerprint density at radius 1 is 1.00 bits per heavy atom. The predicted octanol–water partition coefficient (Wildman–Crippen LogP) is 6.52. The van der Waals surface area contributed by atoms with Crippen LogP contribution in [-0.4, -0.2) is 0 Å². The van der Waals surface area contributed by atoms with Crippen LogP contribution in [0.3, 0.4) is 0 Å². The highest BCUT2D eigenvalue weighted by molar-refractivity contribution is 5.83. The fourth-order valence-corrected chi connectivity index (χ4v) is 3.79. The molecule has 0 N–H and O–H groups in total. The first-order chi connectivity index (χ1) is 11.0. The van der Waals surface area contributed by atoms with Crippen molar-refractivity contribution < 1.29 is 0 Å². The first-order valence-electron chi connectivity index (χ1n) is 8.93. The fourth-order valence-electron chi connectivity index (χ4n) is 3.79. The Kier molecular flexibility index (Phi) is 4.43. The molecule has 0 nitrogen and oxygen atoms in total. The monoisotopic (exact) mass is 304 g/mol. The summed E-state index contributed by atoms with van der Waals surface area (Å²) < 4.78 is 0. The molecule has 1 aliphatic carbocycles. The number of fused-ring (bicyclic) bond motifs is 1. The summed E-state index contributed by atoms with van der Waals surface area (Å²) in [5.41, 5.74) is 11.6. The number of hydrogen-bond acceptors (Lipinski definition) is 0. The lowest BCUT2D eigenvalue weighted by Gasteiger charge is -2.15. The SMILES string of the molecule is CCCc1ccc2c(c1-c1cc(C)cc(C)c1)C=C(C(C)C)C2. The minimum absolute atomic E-state index is 0.629. The standard InChI is InChI=1S/C23H28/c1-6-7-18-8-9-19-13-20(15(2)3)14-22(19)23(18)21-11-16(4)10-17(5)12-21/h8-12,14-15H,6-7,13H2,1-5H3. The van der Waals surface area contributed by atoms with E-state index in [1.54, 1.807) is 5.57 Å². The molecular weight excluding hydrogens is 276 g/mol. The molecule has 0 fully saturated rings. The Bertz CT molecular complexity index is 740. The maximum atomic E-state index is 2.46. The number of benzene rings is 2. The van der Waals surface area contributed by atoms with Gasteiger partial charge in [-0.05, 0) is 60.4 Å². The van der Waals surface area contributed by atoms with E-state index in [4.69, 9.17) is 0 Å². The predicted molar refractivity (Wildman–Crippen MR) is 102 cm³/mol. The van der Waals surface area contributed by atoms with Crippen LogP contribution in [0.15, 0.2) is 35.9 Å². The summed E-state index contributed by atoms with van der Waals surface area (Å²) in [5, 5.41) is 0. The highest BCUT2D eigenvalue weighted by Gasteiger charge is 2.21. The minimum atomic E-state index is 0.629. The van der Waals surface area contributed by atoms with Crippen molar-refractivity contribution in [1.29, 1.82) is 0 Å². The van der Waals surface area contributed by atoms with Gasteiger partial charge in [-0.15, -0.1) is 0 Å². The van der Waals surface area contributed by atoms with Crippen LogP contribution in [-0.2, 0) is 12.8 Å². The lowest BCUT2D eigenvalue weighted by atomic mass is 9.89. The van der Waals surface area contributed by atoms with Crippen molar-refractivity contribution in [2.24, 2.45) is 5.92 Å². The first-order valence-corrected chi connectivity index (χ1v) is 8.93. The van der Waals surface area contributed by atoms with Crippen LogP contribution >= 0.6 is 0 Å². The molecule has 0 amide bonds. The third-order valence-corrected chi connectivity index (χ3v) is 4.92. The first kappa shape index (κ1) is 16.1. The van der Waals surface area contributed by atoms with Crippen LogP contribution in [0.5, 0.6) is 0 Å². The zero-order valence-corrected chi connectivity index (χ0v) is 15.2. The summed E-state index contributed by atoms with van der Waals surface area (Å²) in [6.45, 7) is 11.3. The van der Waals surface area contributed by atoms with E-state index in [1.807, 2.05) is 0 Å². The molecule has 0 saturated heterocycles. The van der Waals surface area contributed by atoms with Crippen LogP contribution < -0.4 is 0 Å². The van der Waals surface area contributed by atoms with Gasteiger partial charge in [0, 0.05) is 0 Å². The number of hydrogen-bond donors (Lipinski definition) is 0. The summed E-state index contributed by atoms with van der Waals surface area (Å²) in [5.74, 6) is 0.629. The average molecular weight is 304 g/mol. The van der Waals surface area contributed by atoms with Gasteiger partial charge in [0.25, 0.3) is 0 Å². The quantitative estimate of drug-likeness (QED) is 0.603. The van der Waals surface area contributed by atoms with E-state index in [1.165, 1.54) is 45.4 Å². The molecule has 0 aliphatic heterocycles. The molecule has 2 aromatic rings. The molecule has 2 aromatic carbocycles. The van der Waals surface area contributed by atoms with Crippen molar-refractivity contribution >= 4 is 6.08 Å². The van der Waals surface area contributed by atoms with E-state index in [-0.39, 0.29) is 0 Å². The van der Waals surface area contributed by atoms with Crippen molar-refractivity contribution in [2.45, 2.75) is 53.9 Å². The third-order valence-electron chi connectivity index (χ3n) is 4.92. The van der Waals surface area contributed by atoms with Crippen LogP contribution in [0.25, 0.3) is 17.2 Å². The molecule has 0 radical (unpaired) electrons. The maximum absolute atomic E-state index is 2.46. The van der Waals surface area contributed by atoms with Crippen LogP contribution in [0.1, 0.15) is 55.0 Å². The Morgan fingerprint density at radius 3 is 2.30 bits per heavy atom. The van der Waals surface area contributed by atoms with Gasteiger partial charge in [-0.1, -0.05) is 80.3 Å². The normalized spacial score (nSPS) is 13.4. The zero-order chi connectivity index (χ0) is 16.6. The summed E-state index contributed by atoms with van der Waals surface area (Å²) in [6, 6.07) is 11.7. The zero-order valence-electron chi connectivity index (χ0n) is 15.2. The molecule has 23 heavy (non-hydrogen) atoms. The van der Waals surface area contributed by atoms with Gasteiger partial charge < -0.3 is 0 Å². The molecule has 0 unspecified atom stereocenters.